The van der Waals surface area contributed by atoms with Crippen molar-refractivity contribution in [3.63, 3.8) is 0 Å². The summed E-state index contributed by atoms with van der Waals surface area (Å²) >= 11 is 0. The number of esters is 1. The summed E-state index contributed by atoms with van der Waals surface area (Å²) in [5.41, 5.74) is 3.47. The molecule has 0 saturated carbocycles. The van der Waals surface area contributed by atoms with Crippen molar-refractivity contribution >= 4 is 17.6 Å². The zero-order valence-electron chi connectivity index (χ0n) is 12.3. The second-order valence-electron chi connectivity index (χ2n) is 4.82. The molecule has 108 valence electrons. The first kappa shape index (κ1) is 14.8. The van der Waals surface area contributed by atoms with Gasteiger partial charge in [0.1, 0.15) is 5.75 Å². The van der Waals surface area contributed by atoms with Gasteiger partial charge in [0.2, 0.25) is 0 Å². The topological polar surface area (TPSA) is 55.4 Å². The van der Waals surface area contributed by atoms with Crippen LogP contribution in [-0.4, -0.2) is 11.9 Å². The van der Waals surface area contributed by atoms with Gasteiger partial charge >= 0.3 is 5.97 Å². The summed E-state index contributed by atoms with van der Waals surface area (Å²) in [6, 6.07) is 12.2. The van der Waals surface area contributed by atoms with Crippen LogP contribution in [0.2, 0.25) is 0 Å². The standard InChI is InChI=1S/C17H17NO3/c1-11-5-4-6-16(12(11)2)18-17(20)14-7-9-15(10-8-14)21-13(3)19/h4-10H,1-3H3,(H,18,20). The second-order valence-corrected chi connectivity index (χ2v) is 4.82. The number of rotatable bonds is 3. The van der Waals surface area contributed by atoms with Crippen molar-refractivity contribution in [3.05, 3.63) is 59.2 Å². The Kier molecular flexibility index (Phi) is 4.38. The number of nitrogens with one attached hydrogen (secondary N) is 1. The molecule has 1 amide bonds. The Hall–Kier alpha value is -2.62. The highest BCUT2D eigenvalue weighted by molar-refractivity contribution is 6.04. The third-order valence-corrected chi connectivity index (χ3v) is 3.23. The van der Waals surface area contributed by atoms with Crippen LogP contribution in [0.4, 0.5) is 5.69 Å². The maximum absolute atomic E-state index is 12.2. The highest BCUT2D eigenvalue weighted by atomic mass is 16.5. The van der Waals surface area contributed by atoms with Crippen LogP contribution in [0.1, 0.15) is 28.4 Å². The molecule has 4 heteroatoms. The number of hydrogen-bond donors (Lipinski definition) is 1. The number of carbonyl (C=O) groups is 2. The van der Waals surface area contributed by atoms with E-state index >= 15 is 0 Å². The van der Waals surface area contributed by atoms with Crippen LogP contribution in [-0.2, 0) is 4.79 Å². The van der Waals surface area contributed by atoms with Crippen LogP contribution in [0.5, 0.6) is 5.75 Å². The minimum Gasteiger partial charge on any atom is -0.427 e. The van der Waals surface area contributed by atoms with E-state index in [2.05, 4.69) is 5.32 Å². The summed E-state index contributed by atoms with van der Waals surface area (Å²) in [5, 5.41) is 2.88. The van der Waals surface area contributed by atoms with Gasteiger partial charge in [-0.2, -0.15) is 0 Å². The molecule has 0 bridgehead atoms. The fraction of sp³-hybridized carbons (Fsp3) is 0.176. The smallest absolute Gasteiger partial charge is 0.308 e. The molecule has 2 aromatic rings. The maximum Gasteiger partial charge on any atom is 0.308 e. The van der Waals surface area contributed by atoms with Crippen molar-refractivity contribution in [3.8, 4) is 5.75 Å². The Morgan fingerprint density at radius 1 is 1.00 bits per heavy atom. The van der Waals surface area contributed by atoms with Crippen molar-refractivity contribution in [2.45, 2.75) is 20.8 Å². The van der Waals surface area contributed by atoms with E-state index in [-0.39, 0.29) is 11.9 Å². The van der Waals surface area contributed by atoms with Gasteiger partial charge < -0.3 is 10.1 Å². The third-order valence-electron chi connectivity index (χ3n) is 3.23. The molecule has 0 aliphatic rings. The normalized spacial score (nSPS) is 10.0. The van der Waals surface area contributed by atoms with E-state index in [0.29, 0.717) is 11.3 Å². The third kappa shape index (κ3) is 3.69. The van der Waals surface area contributed by atoms with E-state index in [0.717, 1.165) is 16.8 Å². The van der Waals surface area contributed by atoms with Crippen LogP contribution < -0.4 is 10.1 Å². The minimum atomic E-state index is -0.386. The van der Waals surface area contributed by atoms with Crippen LogP contribution in [0.15, 0.2) is 42.5 Å². The number of benzene rings is 2. The number of anilines is 1. The van der Waals surface area contributed by atoms with Crippen molar-refractivity contribution in [2.24, 2.45) is 0 Å². The lowest BCUT2D eigenvalue weighted by Crippen LogP contribution is -2.13. The molecule has 4 nitrogen and oxygen atoms in total. The van der Waals surface area contributed by atoms with Gasteiger partial charge in [-0.25, -0.2) is 0 Å². The van der Waals surface area contributed by atoms with Gasteiger partial charge in [0.05, 0.1) is 0 Å². The van der Waals surface area contributed by atoms with Gasteiger partial charge in [0.25, 0.3) is 5.91 Å². The fourth-order valence-electron chi connectivity index (χ4n) is 1.92. The van der Waals surface area contributed by atoms with Gasteiger partial charge in [-0.3, -0.25) is 9.59 Å². The number of carbonyl (C=O) groups excluding carboxylic acids is 2. The van der Waals surface area contributed by atoms with Crippen molar-refractivity contribution in [2.75, 3.05) is 5.32 Å². The lowest BCUT2D eigenvalue weighted by Gasteiger charge is -2.10. The molecular weight excluding hydrogens is 266 g/mol. The Labute approximate surface area is 123 Å². The van der Waals surface area contributed by atoms with Crippen molar-refractivity contribution in [1.82, 2.24) is 0 Å². The Balaban J connectivity index is 2.13. The summed E-state index contributed by atoms with van der Waals surface area (Å²) in [5.74, 6) is -0.161. The first-order valence-electron chi connectivity index (χ1n) is 6.63. The monoisotopic (exact) mass is 283 g/mol. The molecule has 0 spiro atoms. The van der Waals surface area contributed by atoms with Crippen LogP contribution in [0, 0.1) is 13.8 Å². The quantitative estimate of drug-likeness (QED) is 0.693. The lowest BCUT2D eigenvalue weighted by molar-refractivity contribution is -0.131. The van der Waals surface area contributed by atoms with Crippen molar-refractivity contribution < 1.29 is 14.3 Å². The molecule has 2 rings (SSSR count). The van der Waals surface area contributed by atoms with Crippen LogP contribution >= 0.6 is 0 Å². The number of hydrogen-bond acceptors (Lipinski definition) is 3. The molecule has 0 fully saturated rings. The largest absolute Gasteiger partial charge is 0.427 e. The first-order chi connectivity index (χ1) is 9.97. The zero-order chi connectivity index (χ0) is 15.4. The summed E-state index contributed by atoms with van der Waals surface area (Å²) in [6.07, 6.45) is 0. The SMILES string of the molecule is CC(=O)Oc1ccc(C(=O)Nc2cccc(C)c2C)cc1. The summed E-state index contributed by atoms with van der Waals surface area (Å²) in [6.45, 7) is 5.30. The Morgan fingerprint density at radius 3 is 2.29 bits per heavy atom. The molecule has 1 N–H and O–H groups in total. The van der Waals surface area contributed by atoms with E-state index in [4.69, 9.17) is 4.74 Å². The molecule has 0 aliphatic heterocycles. The highest BCUT2D eigenvalue weighted by Gasteiger charge is 2.09. The number of ether oxygens (including phenoxy) is 1. The van der Waals surface area contributed by atoms with Gasteiger partial charge in [-0.1, -0.05) is 12.1 Å². The molecule has 0 aromatic heterocycles. The van der Waals surface area contributed by atoms with E-state index in [1.54, 1.807) is 24.3 Å². The molecule has 2 aromatic carbocycles. The summed E-state index contributed by atoms with van der Waals surface area (Å²) < 4.78 is 4.93. The first-order valence-corrected chi connectivity index (χ1v) is 6.63. The number of amides is 1. The van der Waals surface area contributed by atoms with Crippen LogP contribution in [0.25, 0.3) is 0 Å². The van der Waals surface area contributed by atoms with E-state index in [1.807, 2.05) is 32.0 Å². The lowest BCUT2D eigenvalue weighted by atomic mass is 10.1. The fourth-order valence-corrected chi connectivity index (χ4v) is 1.92. The van der Waals surface area contributed by atoms with Gasteiger partial charge in [0.15, 0.2) is 0 Å². The average Bonchev–Trinajstić information content (AvgIpc) is 2.44. The Bertz CT molecular complexity index is 675. The highest BCUT2D eigenvalue weighted by Crippen LogP contribution is 2.19. The van der Waals surface area contributed by atoms with E-state index in [1.165, 1.54) is 6.92 Å². The molecule has 0 aliphatic carbocycles. The zero-order valence-corrected chi connectivity index (χ0v) is 12.3. The predicted molar refractivity (Wildman–Crippen MR) is 81.6 cm³/mol. The Morgan fingerprint density at radius 2 is 1.67 bits per heavy atom. The van der Waals surface area contributed by atoms with Crippen molar-refractivity contribution in [1.29, 1.82) is 0 Å². The molecule has 0 heterocycles. The predicted octanol–water partition coefficient (Wildman–Crippen LogP) is 3.48. The second kappa shape index (κ2) is 6.22. The maximum atomic E-state index is 12.2. The molecule has 0 unspecified atom stereocenters. The van der Waals surface area contributed by atoms with E-state index < -0.39 is 0 Å². The average molecular weight is 283 g/mol. The molecular formula is C17H17NO3. The number of aryl methyl sites for hydroxylation is 1. The van der Waals surface area contributed by atoms with Gasteiger partial charge in [0, 0.05) is 18.2 Å². The molecule has 21 heavy (non-hydrogen) atoms. The minimum absolute atomic E-state index is 0.196. The molecule has 0 saturated heterocycles. The van der Waals surface area contributed by atoms with Gasteiger partial charge in [-0.15, -0.1) is 0 Å². The van der Waals surface area contributed by atoms with E-state index in [9.17, 15) is 9.59 Å². The van der Waals surface area contributed by atoms with Gasteiger partial charge in [-0.05, 0) is 55.3 Å². The summed E-state index contributed by atoms with van der Waals surface area (Å²) in [7, 11) is 0. The van der Waals surface area contributed by atoms with Crippen LogP contribution in [0.3, 0.4) is 0 Å². The molecule has 0 radical (unpaired) electrons. The molecule has 0 atom stereocenters. The summed E-state index contributed by atoms with van der Waals surface area (Å²) in [4.78, 5) is 23.0.